The van der Waals surface area contributed by atoms with Gasteiger partial charge in [-0.1, -0.05) is 13.0 Å². The molecule has 3 N–H and O–H groups in total. The summed E-state index contributed by atoms with van der Waals surface area (Å²) in [6, 6.07) is 5.71. The van der Waals surface area contributed by atoms with Crippen molar-refractivity contribution in [2.24, 2.45) is 5.73 Å². The highest BCUT2D eigenvalue weighted by Gasteiger charge is 2.14. The number of rotatable bonds is 4. The second-order valence-electron chi connectivity index (χ2n) is 4.35. The predicted octanol–water partition coefficient (Wildman–Crippen LogP) is 1.18. The van der Waals surface area contributed by atoms with Crippen LogP contribution in [0.4, 0.5) is 0 Å². The molecule has 0 bridgehead atoms. The number of nitrogens with one attached hydrogen (secondary N) is 1. The molecular weight excluding hydrogens is 216 g/mol. The zero-order chi connectivity index (χ0) is 12.3. The van der Waals surface area contributed by atoms with Gasteiger partial charge in [-0.05, 0) is 29.7 Å². The molecule has 17 heavy (non-hydrogen) atoms. The summed E-state index contributed by atoms with van der Waals surface area (Å²) in [6.07, 6.45) is 0.859. The SMILES string of the molecule is CCC(N)CNC(=O)c1ccc2c(c1)COC2. The second-order valence-corrected chi connectivity index (χ2v) is 4.35. The molecule has 0 radical (unpaired) electrons. The molecule has 1 aromatic rings. The monoisotopic (exact) mass is 234 g/mol. The van der Waals surface area contributed by atoms with Crippen LogP contribution < -0.4 is 11.1 Å². The van der Waals surface area contributed by atoms with Crippen molar-refractivity contribution in [2.75, 3.05) is 6.54 Å². The van der Waals surface area contributed by atoms with E-state index in [1.54, 1.807) is 0 Å². The standard InChI is InChI=1S/C13H18N2O2/c1-2-12(14)6-15-13(16)9-3-4-10-7-17-8-11(10)5-9/h3-5,12H,2,6-8,14H2,1H3,(H,15,16). The van der Waals surface area contributed by atoms with E-state index in [4.69, 9.17) is 10.5 Å². The average molecular weight is 234 g/mol. The van der Waals surface area contributed by atoms with Gasteiger partial charge in [-0.2, -0.15) is 0 Å². The first-order valence-electron chi connectivity index (χ1n) is 5.94. The van der Waals surface area contributed by atoms with E-state index in [1.165, 1.54) is 5.56 Å². The molecule has 1 aromatic carbocycles. The second kappa shape index (κ2) is 5.29. The van der Waals surface area contributed by atoms with Crippen LogP contribution in [0.1, 0.15) is 34.8 Å². The fourth-order valence-electron chi connectivity index (χ4n) is 1.78. The minimum Gasteiger partial charge on any atom is -0.372 e. The maximum Gasteiger partial charge on any atom is 0.251 e. The highest BCUT2D eigenvalue weighted by molar-refractivity contribution is 5.94. The van der Waals surface area contributed by atoms with Gasteiger partial charge >= 0.3 is 0 Å². The van der Waals surface area contributed by atoms with Crippen LogP contribution in [0.2, 0.25) is 0 Å². The molecule has 1 atom stereocenters. The van der Waals surface area contributed by atoms with Crippen molar-refractivity contribution < 1.29 is 9.53 Å². The third-order valence-corrected chi connectivity index (χ3v) is 3.03. The molecule has 4 nitrogen and oxygen atoms in total. The molecule has 1 aliphatic rings. The molecule has 1 amide bonds. The first-order valence-corrected chi connectivity index (χ1v) is 5.94. The summed E-state index contributed by atoms with van der Waals surface area (Å²) in [5, 5.41) is 2.84. The van der Waals surface area contributed by atoms with Crippen molar-refractivity contribution in [3.8, 4) is 0 Å². The van der Waals surface area contributed by atoms with Crippen LogP contribution in [0.3, 0.4) is 0 Å². The van der Waals surface area contributed by atoms with E-state index in [0.29, 0.717) is 25.3 Å². The summed E-state index contributed by atoms with van der Waals surface area (Å²) in [5.41, 5.74) is 8.71. The van der Waals surface area contributed by atoms with Crippen LogP contribution in [0.25, 0.3) is 0 Å². The van der Waals surface area contributed by atoms with Gasteiger partial charge in [0.25, 0.3) is 5.91 Å². The number of benzene rings is 1. The molecule has 2 rings (SSSR count). The maximum absolute atomic E-state index is 11.9. The zero-order valence-electron chi connectivity index (χ0n) is 10.0. The van der Waals surface area contributed by atoms with Crippen LogP contribution in [-0.2, 0) is 18.0 Å². The Labute approximate surface area is 101 Å². The lowest BCUT2D eigenvalue weighted by Gasteiger charge is -2.10. The van der Waals surface area contributed by atoms with Gasteiger partial charge in [-0.25, -0.2) is 0 Å². The van der Waals surface area contributed by atoms with Crippen LogP contribution in [0.5, 0.6) is 0 Å². The van der Waals surface area contributed by atoms with E-state index in [9.17, 15) is 4.79 Å². The topological polar surface area (TPSA) is 64.3 Å². The minimum absolute atomic E-state index is 0.0247. The molecule has 1 unspecified atom stereocenters. The smallest absolute Gasteiger partial charge is 0.251 e. The number of hydrogen-bond donors (Lipinski definition) is 2. The predicted molar refractivity (Wildman–Crippen MR) is 65.5 cm³/mol. The van der Waals surface area contributed by atoms with Crippen molar-refractivity contribution in [1.29, 1.82) is 0 Å². The lowest BCUT2D eigenvalue weighted by atomic mass is 10.1. The van der Waals surface area contributed by atoms with E-state index in [1.807, 2.05) is 25.1 Å². The number of nitrogens with two attached hydrogens (primary N) is 1. The van der Waals surface area contributed by atoms with Gasteiger partial charge in [-0.3, -0.25) is 4.79 Å². The zero-order valence-corrected chi connectivity index (χ0v) is 10.0. The van der Waals surface area contributed by atoms with Crippen molar-refractivity contribution in [3.05, 3.63) is 34.9 Å². The Morgan fingerprint density at radius 3 is 3.00 bits per heavy atom. The first kappa shape index (κ1) is 12.1. The Hall–Kier alpha value is -1.39. The molecule has 0 saturated carbocycles. The van der Waals surface area contributed by atoms with Gasteiger partial charge in [0.1, 0.15) is 0 Å². The van der Waals surface area contributed by atoms with Gasteiger partial charge in [-0.15, -0.1) is 0 Å². The summed E-state index contributed by atoms with van der Waals surface area (Å²) in [6.45, 7) is 3.77. The minimum atomic E-state index is -0.0661. The highest BCUT2D eigenvalue weighted by atomic mass is 16.5. The maximum atomic E-state index is 11.9. The van der Waals surface area contributed by atoms with Gasteiger partial charge < -0.3 is 15.8 Å². The average Bonchev–Trinajstić information content (AvgIpc) is 2.82. The van der Waals surface area contributed by atoms with E-state index in [0.717, 1.165) is 12.0 Å². The number of amides is 1. The molecule has 1 aliphatic heterocycles. The summed E-state index contributed by atoms with van der Waals surface area (Å²) in [7, 11) is 0. The third kappa shape index (κ3) is 2.84. The molecule has 4 heteroatoms. The van der Waals surface area contributed by atoms with Gasteiger partial charge in [0.05, 0.1) is 13.2 Å². The lowest BCUT2D eigenvalue weighted by molar-refractivity contribution is 0.0951. The summed E-state index contributed by atoms with van der Waals surface area (Å²) in [4.78, 5) is 11.9. The molecule has 0 saturated heterocycles. The number of fused-ring (bicyclic) bond motifs is 1. The quantitative estimate of drug-likeness (QED) is 0.822. The van der Waals surface area contributed by atoms with Crippen molar-refractivity contribution in [3.63, 3.8) is 0 Å². The van der Waals surface area contributed by atoms with E-state index in [2.05, 4.69) is 5.32 Å². The normalized spacial score (nSPS) is 15.4. The Morgan fingerprint density at radius 1 is 1.47 bits per heavy atom. The number of ether oxygens (including phenoxy) is 1. The lowest BCUT2D eigenvalue weighted by Crippen LogP contribution is -2.36. The van der Waals surface area contributed by atoms with Crippen LogP contribution in [0.15, 0.2) is 18.2 Å². The van der Waals surface area contributed by atoms with Gasteiger partial charge in [0.2, 0.25) is 0 Å². The number of hydrogen-bond acceptors (Lipinski definition) is 3. The van der Waals surface area contributed by atoms with Crippen LogP contribution in [-0.4, -0.2) is 18.5 Å². The van der Waals surface area contributed by atoms with Gasteiger partial charge in [0.15, 0.2) is 0 Å². The number of carbonyl (C=O) groups excluding carboxylic acids is 1. The Bertz CT molecular complexity index is 418. The Morgan fingerprint density at radius 2 is 2.24 bits per heavy atom. The summed E-state index contributed by atoms with van der Waals surface area (Å²) in [5.74, 6) is -0.0661. The summed E-state index contributed by atoms with van der Waals surface area (Å²) < 4.78 is 5.31. The van der Waals surface area contributed by atoms with Gasteiger partial charge in [0, 0.05) is 18.2 Å². The fourth-order valence-corrected chi connectivity index (χ4v) is 1.78. The molecule has 0 fully saturated rings. The fraction of sp³-hybridized carbons (Fsp3) is 0.462. The van der Waals surface area contributed by atoms with Crippen molar-refractivity contribution >= 4 is 5.91 Å². The molecule has 92 valence electrons. The highest BCUT2D eigenvalue weighted by Crippen LogP contribution is 2.20. The summed E-state index contributed by atoms with van der Waals surface area (Å²) >= 11 is 0. The molecular formula is C13H18N2O2. The Kier molecular flexibility index (Phi) is 3.76. The Balaban J connectivity index is 2.00. The van der Waals surface area contributed by atoms with E-state index in [-0.39, 0.29) is 11.9 Å². The number of carbonyl (C=O) groups is 1. The van der Waals surface area contributed by atoms with Crippen molar-refractivity contribution in [1.82, 2.24) is 5.32 Å². The molecule has 1 heterocycles. The first-order chi connectivity index (χ1) is 8.20. The van der Waals surface area contributed by atoms with Crippen molar-refractivity contribution in [2.45, 2.75) is 32.6 Å². The molecule has 0 spiro atoms. The van der Waals surface area contributed by atoms with E-state index < -0.39 is 0 Å². The molecule has 0 aliphatic carbocycles. The largest absolute Gasteiger partial charge is 0.372 e. The van der Waals surface area contributed by atoms with Crippen LogP contribution >= 0.6 is 0 Å². The van der Waals surface area contributed by atoms with E-state index >= 15 is 0 Å². The molecule has 0 aromatic heterocycles. The van der Waals surface area contributed by atoms with Crippen LogP contribution in [0, 0.1) is 0 Å². The third-order valence-electron chi connectivity index (χ3n) is 3.03.